The molecule has 26 heavy (non-hydrogen) atoms. The Bertz CT molecular complexity index is 1040. The van der Waals surface area contributed by atoms with Crippen molar-refractivity contribution in [3.05, 3.63) is 75.0 Å². The second kappa shape index (κ2) is 6.79. The van der Waals surface area contributed by atoms with Crippen LogP contribution in [0.1, 0.15) is 32.0 Å². The van der Waals surface area contributed by atoms with Crippen molar-refractivity contribution in [3.8, 4) is 0 Å². The number of para-hydroxylation sites is 1. The van der Waals surface area contributed by atoms with E-state index in [0.717, 1.165) is 10.9 Å². The first kappa shape index (κ1) is 17.3. The Hall–Kier alpha value is -3.48. The van der Waals surface area contributed by atoms with Gasteiger partial charge in [-0.1, -0.05) is 18.2 Å². The molecular weight excluding hydrogens is 336 g/mol. The maximum absolute atomic E-state index is 12.5. The molecule has 3 rings (SSSR count). The molecule has 0 aliphatic heterocycles. The highest BCUT2D eigenvalue weighted by Crippen LogP contribution is 2.23. The topological polar surface area (TPSA) is 102 Å². The van der Waals surface area contributed by atoms with Crippen molar-refractivity contribution in [1.29, 1.82) is 0 Å². The lowest BCUT2D eigenvalue weighted by molar-refractivity contribution is -0.385. The van der Waals surface area contributed by atoms with Gasteiger partial charge < -0.3 is 9.72 Å². The third-order valence-electron chi connectivity index (χ3n) is 4.14. The van der Waals surface area contributed by atoms with Gasteiger partial charge in [-0.2, -0.15) is 0 Å². The molecule has 0 spiro atoms. The molecule has 1 N–H and O–H groups in total. The molecule has 0 aliphatic carbocycles. The van der Waals surface area contributed by atoms with Crippen LogP contribution in [0.3, 0.4) is 0 Å². The summed E-state index contributed by atoms with van der Waals surface area (Å²) in [6, 6.07) is 11.3. The fraction of sp³-hybridized carbons (Fsp3) is 0.158. The minimum atomic E-state index is -0.700. The number of benzene rings is 2. The summed E-state index contributed by atoms with van der Waals surface area (Å²) in [6.07, 6.45) is 0. The highest BCUT2D eigenvalue weighted by atomic mass is 16.6. The summed E-state index contributed by atoms with van der Waals surface area (Å²) in [7, 11) is 0. The molecule has 0 aliphatic rings. The van der Waals surface area contributed by atoms with Gasteiger partial charge in [-0.25, -0.2) is 4.79 Å². The number of aromatic amines is 1. The Labute approximate surface area is 148 Å². The zero-order valence-electron chi connectivity index (χ0n) is 14.2. The second-order valence-electron chi connectivity index (χ2n) is 5.93. The number of nitrogens with one attached hydrogen (secondary N) is 1. The van der Waals surface area contributed by atoms with E-state index in [1.165, 1.54) is 25.1 Å². The number of ketones is 1. The van der Waals surface area contributed by atoms with Crippen LogP contribution in [-0.2, 0) is 4.74 Å². The molecule has 0 bridgehead atoms. The minimum Gasteiger partial charge on any atom is -0.454 e. The molecule has 0 unspecified atom stereocenters. The molecule has 7 nitrogen and oxygen atoms in total. The molecule has 1 heterocycles. The van der Waals surface area contributed by atoms with E-state index in [2.05, 4.69) is 4.98 Å². The molecular formula is C19H16N2O5. The summed E-state index contributed by atoms with van der Waals surface area (Å²) in [5.41, 5.74) is 2.48. The lowest BCUT2D eigenvalue weighted by Gasteiger charge is -2.06. The van der Waals surface area contributed by atoms with Crippen molar-refractivity contribution in [1.82, 2.24) is 4.98 Å². The standard InChI is InChI=1S/C19H16N2O5/c1-11-9-13(7-8-16(11)21(24)25)19(23)26-10-17(22)18-12(2)20-15-6-4-3-5-14(15)18/h3-9,20H,10H2,1-2H3. The second-order valence-corrected chi connectivity index (χ2v) is 5.93. The quantitative estimate of drug-likeness (QED) is 0.326. The van der Waals surface area contributed by atoms with Crippen LogP contribution in [0, 0.1) is 24.0 Å². The van der Waals surface area contributed by atoms with Gasteiger partial charge in [-0.3, -0.25) is 14.9 Å². The fourth-order valence-corrected chi connectivity index (χ4v) is 2.91. The van der Waals surface area contributed by atoms with Gasteiger partial charge in [0.2, 0.25) is 5.78 Å². The van der Waals surface area contributed by atoms with E-state index >= 15 is 0 Å². The zero-order valence-corrected chi connectivity index (χ0v) is 14.2. The van der Waals surface area contributed by atoms with Crippen molar-refractivity contribution >= 4 is 28.3 Å². The molecule has 1 aromatic heterocycles. The average molecular weight is 352 g/mol. The number of nitro groups is 1. The number of carbonyl (C=O) groups excluding carboxylic acids is 2. The normalized spacial score (nSPS) is 10.7. The van der Waals surface area contributed by atoms with E-state index in [0.29, 0.717) is 16.8 Å². The highest BCUT2D eigenvalue weighted by Gasteiger charge is 2.19. The number of nitro benzene ring substituents is 1. The maximum Gasteiger partial charge on any atom is 0.338 e. The van der Waals surface area contributed by atoms with E-state index in [4.69, 9.17) is 4.74 Å². The number of esters is 1. The Balaban J connectivity index is 1.75. The molecule has 2 aromatic carbocycles. The SMILES string of the molecule is Cc1cc(C(=O)OCC(=O)c2c(C)[nH]c3ccccc23)ccc1[N+](=O)[O-]. The van der Waals surface area contributed by atoms with Gasteiger partial charge in [-0.05, 0) is 32.0 Å². The predicted molar refractivity (Wildman–Crippen MR) is 95.5 cm³/mol. The first-order valence-electron chi connectivity index (χ1n) is 7.91. The summed E-state index contributed by atoms with van der Waals surface area (Å²) in [5, 5.41) is 11.6. The third kappa shape index (κ3) is 3.19. The smallest absolute Gasteiger partial charge is 0.338 e. The zero-order chi connectivity index (χ0) is 18.8. The first-order chi connectivity index (χ1) is 12.4. The van der Waals surface area contributed by atoms with Crippen LogP contribution in [0.5, 0.6) is 0 Å². The number of aryl methyl sites for hydroxylation is 2. The number of rotatable bonds is 5. The number of ether oxygens (including phenoxy) is 1. The van der Waals surface area contributed by atoms with Gasteiger partial charge in [0.1, 0.15) is 0 Å². The van der Waals surface area contributed by atoms with Crippen molar-refractivity contribution in [2.75, 3.05) is 6.61 Å². The Morgan fingerprint density at radius 2 is 1.88 bits per heavy atom. The fourth-order valence-electron chi connectivity index (χ4n) is 2.91. The lowest BCUT2D eigenvalue weighted by atomic mass is 10.1. The van der Waals surface area contributed by atoms with Gasteiger partial charge in [-0.15, -0.1) is 0 Å². The highest BCUT2D eigenvalue weighted by molar-refractivity contribution is 6.10. The summed E-state index contributed by atoms with van der Waals surface area (Å²) in [5.74, 6) is -1.01. The molecule has 7 heteroatoms. The van der Waals surface area contributed by atoms with E-state index in [1.54, 1.807) is 6.92 Å². The van der Waals surface area contributed by atoms with Crippen LogP contribution in [0.25, 0.3) is 10.9 Å². The molecule has 0 fully saturated rings. The van der Waals surface area contributed by atoms with Crippen molar-refractivity contribution in [2.24, 2.45) is 0 Å². The average Bonchev–Trinajstić information content (AvgIpc) is 2.94. The van der Waals surface area contributed by atoms with E-state index in [1.807, 2.05) is 24.3 Å². The van der Waals surface area contributed by atoms with Crippen LogP contribution in [0.2, 0.25) is 0 Å². The monoisotopic (exact) mass is 352 g/mol. The van der Waals surface area contributed by atoms with Crippen LogP contribution in [0.15, 0.2) is 42.5 Å². The molecule has 0 atom stereocenters. The molecule has 132 valence electrons. The van der Waals surface area contributed by atoms with E-state index in [-0.39, 0.29) is 17.0 Å². The number of Topliss-reactive ketones (excluding diaryl/α,β-unsaturated/α-hetero) is 1. The van der Waals surface area contributed by atoms with Crippen LogP contribution < -0.4 is 0 Å². The predicted octanol–water partition coefficient (Wildman–Crippen LogP) is 3.73. The number of H-pyrrole nitrogens is 1. The number of aromatic nitrogens is 1. The van der Waals surface area contributed by atoms with E-state index in [9.17, 15) is 19.7 Å². The van der Waals surface area contributed by atoms with Gasteiger partial charge in [0.05, 0.1) is 10.5 Å². The van der Waals surface area contributed by atoms with Gasteiger partial charge in [0.25, 0.3) is 5.69 Å². The summed E-state index contributed by atoms with van der Waals surface area (Å²) in [4.78, 5) is 38.1. The molecule has 0 amide bonds. The van der Waals surface area contributed by atoms with Gasteiger partial charge in [0.15, 0.2) is 6.61 Å². The molecule has 0 radical (unpaired) electrons. The largest absolute Gasteiger partial charge is 0.454 e. The number of hydrogen-bond acceptors (Lipinski definition) is 5. The van der Waals surface area contributed by atoms with Crippen LogP contribution >= 0.6 is 0 Å². The Morgan fingerprint density at radius 3 is 2.58 bits per heavy atom. The molecule has 0 saturated carbocycles. The van der Waals surface area contributed by atoms with Crippen LogP contribution in [-0.4, -0.2) is 28.3 Å². The summed E-state index contributed by atoms with van der Waals surface area (Å²) < 4.78 is 5.10. The summed E-state index contributed by atoms with van der Waals surface area (Å²) in [6.45, 7) is 2.92. The number of carbonyl (C=O) groups is 2. The van der Waals surface area contributed by atoms with Gasteiger partial charge in [0, 0.05) is 33.8 Å². The van der Waals surface area contributed by atoms with Crippen LogP contribution in [0.4, 0.5) is 5.69 Å². The lowest BCUT2D eigenvalue weighted by Crippen LogP contribution is -2.15. The number of hydrogen-bond donors (Lipinski definition) is 1. The minimum absolute atomic E-state index is 0.0768. The summed E-state index contributed by atoms with van der Waals surface area (Å²) >= 11 is 0. The maximum atomic E-state index is 12.5. The Morgan fingerprint density at radius 1 is 1.15 bits per heavy atom. The van der Waals surface area contributed by atoms with E-state index < -0.39 is 17.5 Å². The number of fused-ring (bicyclic) bond motifs is 1. The first-order valence-corrected chi connectivity index (χ1v) is 7.91. The van der Waals surface area contributed by atoms with Gasteiger partial charge >= 0.3 is 5.97 Å². The van der Waals surface area contributed by atoms with Crippen molar-refractivity contribution in [3.63, 3.8) is 0 Å². The molecule has 0 saturated heterocycles. The third-order valence-corrected chi connectivity index (χ3v) is 4.14. The number of nitrogens with zero attached hydrogens (tertiary/aromatic N) is 1. The Kier molecular flexibility index (Phi) is 4.53. The molecule has 3 aromatic rings. The van der Waals surface area contributed by atoms with Crippen molar-refractivity contribution < 1.29 is 19.2 Å². The van der Waals surface area contributed by atoms with Crippen molar-refractivity contribution in [2.45, 2.75) is 13.8 Å².